The van der Waals surface area contributed by atoms with E-state index in [9.17, 15) is 9.18 Å². The number of hydrogen-bond acceptors (Lipinski definition) is 4. The van der Waals surface area contributed by atoms with Crippen molar-refractivity contribution >= 4 is 5.91 Å². The van der Waals surface area contributed by atoms with E-state index in [1.54, 1.807) is 4.90 Å². The minimum Gasteiger partial charge on any atom is -0.378 e. The fourth-order valence-corrected chi connectivity index (χ4v) is 3.73. The molecule has 0 aromatic carbocycles. The van der Waals surface area contributed by atoms with Gasteiger partial charge in [0.2, 0.25) is 0 Å². The third-order valence-corrected chi connectivity index (χ3v) is 5.25. The summed E-state index contributed by atoms with van der Waals surface area (Å²) < 4.78 is 25.7. The van der Waals surface area contributed by atoms with E-state index >= 15 is 0 Å². The molecule has 1 amide bonds. The van der Waals surface area contributed by atoms with Gasteiger partial charge in [0, 0.05) is 19.3 Å². The first kappa shape index (κ1) is 16.0. The van der Waals surface area contributed by atoms with Gasteiger partial charge in [0.15, 0.2) is 5.82 Å². The van der Waals surface area contributed by atoms with Crippen molar-refractivity contribution in [3.63, 3.8) is 0 Å². The number of fused-ring (bicyclic) bond motifs is 1. The van der Waals surface area contributed by atoms with Gasteiger partial charge in [0.05, 0.1) is 36.6 Å². The van der Waals surface area contributed by atoms with Crippen molar-refractivity contribution in [1.29, 1.82) is 0 Å². The van der Waals surface area contributed by atoms with Crippen LogP contribution in [0.2, 0.25) is 0 Å². The normalized spacial score (nSPS) is 29.5. The number of carbonyl (C=O) groups is 1. The van der Waals surface area contributed by atoms with Crippen molar-refractivity contribution < 1.29 is 18.7 Å². The second-order valence-corrected chi connectivity index (χ2v) is 7.06. The number of halogens is 1. The fraction of sp³-hybridized carbons (Fsp3) is 0.667. The molecule has 3 atom stereocenters. The Hall–Kier alpha value is -1.53. The molecule has 0 spiro atoms. The smallest absolute Gasteiger partial charge is 0.257 e. The standard InChI is InChI=1S/C18H23FN2O3/c19-15-9-20-7-5-14(15)18(22)21-8-6-17-16(21)4-3-13(24-17)11-23-10-12-1-2-12/h5,7,9,12-13,16-17H,1-4,6,8,10-11H2/t13-,16-,17-/m0/s1. The Balaban J connectivity index is 1.34. The highest BCUT2D eigenvalue weighted by Gasteiger charge is 2.42. The number of aromatic nitrogens is 1. The first-order valence-electron chi connectivity index (χ1n) is 8.86. The molecule has 1 aromatic heterocycles. The SMILES string of the molecule is O=C(c1ccncc1F)N1CC[C@@H]2O[C@H](COCC3CC3)CC[C@@H]21. The Labute approximate surface area is 141 Å². The molecule has 6 heteroatoms. The number of ether oxygens (including phenoxy) is 2. The van der Waals surface area contributed by atoms with Gasteiger partial charge in [-0.1, -0.05) is 0 Å². The third kappa shape index (κ3) is 3.30. The van der Waals surface area contributed by atoms with E-state index < -0.39 is 5.82 Å². The lowest BCUT2D eigenvalue weighted by Gasteiger charge is -2.36. The van der Waals surface area contributed by atoms with Crippen LogP contribution in [0.25, 0.3) is 0 Å². The average molecular weight is 334 g/mol. The van der Waals surface area contributed by atoms with Crippen LogP contribution in [0.5, 0.6) is 0 Å². The van der Waals surface area contributed by atoms with Crippen molar-refractivity contribution in [1.82, 2.24) is 9.88 Å². The molecule has 2 aliphatic heterocycles. The first-order valence-corrected chi connectivity index (χ1v) is 8.86. The predicted octanol–water partition coefficient (Wildman–Crippen LogP) is 2.41. The maximum absolute atomic E-state index is 13.8. The Morgan fingerprint density at radius 2 is 2.17 bits per heavy atom. The quantitative estimate of drug-likeness (QED) is 0.830. The van der Waals surface area contributed by atoms with E-state index in [0.717, 1.165) is 38.0 Å². The van der Waals surface area contributed by atoms with Crippen molar-refractivity contribution in [2.75, 3.05) is 19.8 Å². The van der Waals surface area contributed by atoms with E-state index in [-0.39, 0.29) is 29.7 Å². The van der Waals surface area contributed by atoms with Crippen molar-refractivity contribution in [2.45, 2.75) is 50.4 Å². The van der Waals surface area contributed by atoms with Crippen LogP contribution in [0.4, 0.5) is 4.39 Å². The topological polar surface area (TPSA) is 51.7 Å². The summed E-state index contributed by atoms with van der Waals surface area (Å²) in [6, 6.07) is 1.49. The van der Waals surface area contributed by atoms with Crippen LogP contribution in [0.3, 0.4) is 0 Å². The fourth-order valence-electron chi connectivity index (χ4n) is 3.73. The summed E-state index contributed by atoms with van der Waals surface area (Å²) in [6.07, 6.45) is 7.87. The zero-order valence-corrected chi connectivity index (χ0v) is 13.7. The largest absolute Gasteiger partial charge is 0.378 e. The minimum absolute atomic E-state index is 0.0436. The summed E-state index contributed by atoms with van der Waals surface area (Å²) in [5.74, 6) is -0.0559. The lowest BCUT2D eigenvalue weighted by Crippen LogP contribution is -2.46. The minimum atomic E-state index is -0.561. The van der Waals surface area contributed by atoms with Crippen molar-refractivity contribution in [3.8, 4) is 0 Å². The summed E-state index contributed by atoms with van der Waals surface area (Å²) in [5.41, 5.74) is 0.0977. The van der Waals surface area contributed by atoms with Crippen LogP contribution in [-0.2, 0) is 9.47 Å². The van der Waals surface area contributed by atoms with Crippen LogP contribution < -0.4 is 0 Å². The Morgan fingerprint density at radius 3 is 2.96 bits per heavy atom. The molecule has 1 saturated carbocycles. The zero-order valence-electron chi connectivity index (χ0n) is 13.7. The summed E-state index contributed by atoms with van der Waals surface area (Å²) in [7, 11) is 0. The van der Waals surface area contributed by atoms with E-state index in [2.05, 4.69) is 4.98 Å². The van der Waals surface area contributed by atoms with Gasteiger partial charge in [-0.05, 0) is 44.1 Å². The third-order valence-electron chi connectivity index (χ3n) is 5.25. The number of nitrogens with zero attached hydrogens (tertiary/aromatic N) is 2. The molecule has 4 rings (SSSR count). The molecule has 5 nitrogen and oxygen atoms in total. The van der Waals surface area contributed by atoms with Crippen LogP contribution in [-0.4, -0.2) is 53.8 Å². The van der Waals surface area contributed by atoms with Crippen LogP contribution in [0.15, 0.2) is 18.5 Å². The molecular formula is C18H23FN2O3. The summed E-state index contributed by atoms with van der Waals surface area (Å²) in [4.78, 5) is 18.1. The van der Waals surface area contributed by atoms with Crippen molar-refractivity contribution in [2.24, 2.45) is 5.92 Å². The highest BCUT2D eigenvalue weighted by Crippen LogP contribution is 2.33. The number of rotatable bonds is 5. The number of hydrogen-bond donors (Lipinski definition) is 0. The summed E-state index contributed by atoms with van der Waals surface area (Å²) in [6.45, 7) is 2.11. The van der Waals surface area contributed by atoms with E-state index in [1.807, 2.05) is 0 Å². The van der Waals surface area contributed by atoms with E-state index in [0.29, 0.717) is 13.2 Å². The van der Waals surface area contributed by atoms with Gasteiger partial charge in [-0.25, -0.2) is 4.39 Å². The van der Waals surface area contributed by atoms with Gasteiger partial charge in [0.25, 0.3) is 5.91 Å². The molecule has 0 bridgehead atoms. The van der Waals surface area contributed by atoms with Gasteiger partial charge in [-0.15, -0.1) is 0 Å². The highest BCUT2D eigenvalue weighted by atomic mass is 19.1. The monoisotopic (exact) mass is 334 g/mol. The second kappa shape index (κ2) is 6.76. The molecule has 24 heavy (non-hydrogen) atoms. The molecular weight excluding hydrogens is 311 g/mol. The van der Waals surface area contributed by atoms with E-state index in [4.69, 9.17) is 9.47 Å². The molecule has 1 aromatic rings. The molecule has 1 aliphatic carbocycles. The second-order valence-electron chi connectivity index (χ2n) is 7.06. The average Bonchev–Trinajstić information content (AvgIpc) is 3.32. The number of carbonyl (C=O) groups excluding carboxylic acids is 1. The number of amides is 1. The maximum Gasteiger partial charge on any atom is 0.257 e. The number of pyridine rings is 1. The number of likely N-dealkylation sites (tertiary alicyclic amines) is 1. The van der Waals surface area contributed by atoms with Gasteiger partial charge >= 0.3 is 0 Å². The Kier molecular flexibility index (Phi) is 4.50. The molecule has 3 fully saturated rings. The lowest BCUT2D eigenvalue weighted by molar-refractivity contribution is -0.0973. The zero-order chi connectivity index (χ0) is 16.5. The molecule has 2 saturated heterocycles. The highest BCUT2D eigenvalue weighted by molar-refractivity contribution is 5.94. The van der Waals surface area contributed by atoms with Gasteiger partial charge in [0.1, 0.15) is 0 Å². The van der Waals surface area contributed by atoms with Gasteiger partial charge in [-0.3, -0.25) is 9.78 Å². The van der Waals surface area contributed by atoms with E-state index in [1.165, 1.54) is 25.1 Å². The van der Waals surface area contributed by atoms with Crippen LogP contribution in [0.1, 0.15) is 42.5 Å². The molecule has 0 N–H and O–H groups in total. The van der Waals surface area contributed by atoms with Gasteiger partial charge < -0.3 is 14.4 Å². The molecule has 130 valence electrons. The molecule has 3 heterocycles. The summed E-state index contributed by atoms with van der Waals surface area (Å²) >= 11 is 0. The first-order chi connectivity index (χ1) is 11.7. The summed E-state index contributed by atoms with van der Waals surface area (Å²) in [5, 5.41) is 0. The van der Waals surface area contributed by atoms with Gasteiger partial charge in [-0.2, -0.15) is 0 Å². The maximum atomic E-state index is 13.8. The van der Waals surface area contributed by atoms with Crippen LogP contribution >= 0.6 is 0 Å². The van der Waals surface area contributed by atoms with Crippen LogP contribution in [0, 0.1) is 11.7 Å². The molecule has 0 unspecified atom stereocenters. The molecule has 0 radical (unpaired) electrons. The Morgan fingerprint density at radius 1 is 1.29 bits per heavy atom. The predicted molar refractivity (Wildman–Crippen MR) is 85.1 cm³/mol. The lowest BCUT2D eigenvalue weighted by atomic mass is 9.99. The Bertz CT molecular complexity index is 608. The van der Waals surface area contributed by atoms with Crippen molar-refractivity contribution in [3.05, 3.63) is 29.8 Å². The molecule has 3 aliphatic rings.